The van der Waals surface area contributed by atoms with Crippen molar-refractivity contribution in [2.75, 3.05) is 5.43 Å². The van der Waals surface area contributed by atoms with Gasteiger partial charge in [0.15, 0.2) is 0 Å². The van der Waals surface area contributed by atoms with Gasteiger partial charge in [0.1, 0.15) is 5.82 Å². The molecule has 1 aromatic heterocycles. The van der Waals surface area contributed by atoms with Crippen LogP contribution in [0.1, 0.15) is 0 Å². The van der Waals surface area contributed by atoms with Gasteiger partial charge in [-0.1, -0.05) is 23.4 Å². The number of hydrogen-bond acceptors (Lipinski definition) is 4. The Morgan fingerprint density at radius 3 is 2.56 bits per heavy atom. The maximum atomic E-state index is 5.82. The molecular formula is C11H10ClN3S. The normalized spacial score (nSPS) is 10.1. The number of nitrogens with one attached hydrogen (secondary N) is 1. The van der Waals surface area contributed by atoms with Crippen LogP contribution in [0, 0.1) is 0 Å². The lowest BCUT2D eigenvalue weighted by molar-refractivity contribution is 1.19. The van der Waals surface area contributed by atoms with E-state index in [9.17, 15) is 0 Å². The standard InChI is InChI=1S/C11H10ClN3S/c12-8-1-3-9(4-2-8)16-10-5-6-14-11(7-10)15-13/h1-7H,13H2,(H,14,15). The van der Waals surface area contributed by atoms with Gasteiger partial charge in [0.05, 0.1) is 0 Å². The van der Waals surface area contributed by atoms with Crippen LogP contribution >= 0.6 is 23.4 Å². The van der Waals surface area contributed by atoms with Gasteiger partial charge in [-0.15, -0.1) is 0 Å². The molecule has 0 saturated carbocycles. The molecule has 3 nitrogen and oxygen atoms in total. The molecule has 3 N–H and O–H groups in total. The summed E-state index contributed by atoms with van der Waals surface area (Å²) in [5.41, 5.74) is 2.52. The van der Waals surface area contributed by atoms with Crippen LogP contribution in [0.25, 0.3) is 0 Å². The Labute approximate surface area is 103 Å². The van der Waals surface area contributed by atoms with Gasteiger partial charge >= 0.3 is 0 Å². The van der Waals surface area contributed by atoms with E-state index in [-0.39, 0.29) is 0 Å². The average molecular weight is 252 g/mol. The third-order valence-corrected chi connectivity index (χ3v) is 3.18. The van der Waals surface area contributed by atoms with E-state index < -0.39 is 0 Å². The Morgan fingerprint density at radius 1 is 1.12 bits per heavy atom. The van der Waals surface area contributed by atoms with Crippen molar-refractivity contribution in [3.63, 3.8) is 0 Å². The zero-order valence-electron chi connectivity index (χ0n) is 8.35. The van der Waals surface area contributed by atoms with E-state index in [0.717, 1.165) is 14.8 Å². The molecular weight excluding hydrogens is 242 g/mol. The molecule has 0 spiro atoms. The number of aromatic nitrogens is 1. The Bertz CT molecular complexity index is 473. The third kappa shape index (κ3) is 2.88. The number of nitrogens with zero attached hydrogens (tertiary/aromatic N) is 1. The molecule has 0 fully saturated rings. The van der Waals surface area contributed by atoms with Gasteiger partial charge < -0.3 is 5.43 Å². The number of benzene rings is 1. The van der Waals surface area contributed by atoms with Crippen molar-refractivity contribution >= 4 is 29.2 Å². The fourth-order valence-corrected chi connectivity index (χ4v) is 2.16. The Morgan fingerprint density at radius 2 is 1.88 bits per heavy atom. The van der Waals surface area contributed by atoms with Crippen molar-refractivity contribution in [3.8, 4) is 0 Å². The monoisotopic (exact) mass is 251 g/mol. The van der Waals surface area contributed by atoms with Crippen LogP contribution in [0.15, 0.2) is 52.4 Å². The Hall–Kier alpha value is -1.23. The number of hydrogen-bond donors (Lipinski definition) is 2. The summed E-state index contributed by atoms with van der Waals surface area (Å²) in [4.78, 5) is 6.24. The zero-order valence-corrected chi connectivity index (χ0v) is 9.92. The molecule has 0 radical (unpaired) electrons. The second-order valence-corrected chi connectivity index (χ2v) is 4.66. The largest absolute Gasteiger partial charge is 0.308 e. The molecule has 0 saturated heterocycles. The average Bonchev–Trinajstić information content (AvgIpc) is 2.32. The molecule has 0 unspecified atom stereocenters. The lowest BCUT2D eigenvalue weighted by Crippen LogP contribution is -2.07. The van der Waals surface area contributed by atoms with Crippen LogP contribution in [0.4, 0.5) is 5.82 Å². The summed E-state index contributed by atoms with van der Waals surface area (Å²) < 4.78 is 0. The van der Waals surface area contributed by atoms with Crippen molar-refractivity contribution < 1.29 is 0 Å². The molecule has 2 aromatic rings. The molecule has 0 atom stereocenters. The van der Waals surface area contributed by atoms with Crippen molar-refractivity contribution in [2.24, 2.45) is 5.84 Å². The van der Waals surface area contributed by atoms with Crippen molar-refractivity contribution in [3.05, 3.63) is 47.6 Å². The molecule has 0 aliphatic carbocycles. The first-order valence-corrected chi connectivity index (χ1v) is 5.83. The summed E-state index contributed by atoms with van der Waals surface area (Å²) in [6.07, 6.45) is 1.72. The molecule has 16 heavy (non-hydrogen) atoms. The molecule has 0 amide bonds. The molecule has 1 heterocycles. The highest BCUT2D eigenvalue weighted by Crippen LogP contribution is 2.29. The van der Waals surface area contributed by atoms with Crippen LogP contribution in [-0.2, 0) is 0 Å². The van der Waals surface area contributed by atoms with E-state index in [4.69, 9.17) is 17.4 Å². The summed E-state index contributed by atoms with van der Waals surface area (Å²) in [6.45, 7) is 0. The molecule has 2 rings (SSSR count). The predicted octanol–water partition coefficient (Wildman–Crippen LogP) is 3.17. The zero-order chi connectivity index (χ0) is 11.4. The van der Waals surface area contributed by atoms with Gasteiger partial charge in [-0.05, 0) is 36.4 Å². The van der Waals surface area contributed by atoms with Crippen molar-refractivity contribution in [1.82, 2.24) is 4.98 Å². The minimum Gasteiger partial charge on any atom is -0.308 e. The summed E-state index contributed by atoms with van der Waals surface area (Å²) in [5.74, 6) is 5.94. The van der Waals surface area contributed by atoms with Crippen molar-refractivity contribution in [1.29, 1.82) is 0 Å². The highest BCUT2D eigenvalue weighted by molar-refractivity contribution is 7.99. The van der Waals surface area contributed by atoms with Gasteiger partial charge in [0.25, 0.3) is 0 Å². The van der Waals surface area contributed by atoms with Gasteiger partial charge in [0.2, 0.25) is 0 Å². The Kier molecular flexibility index (Phi) is 3.66. The highest BCUT2D eigenvalue weighted by atomic mass is 35.5. The molecule has 5 heteroatoms. The Balaban J connectivity index is 2.16. The van der Waals surface area contributed by atoms with E-state index in [1.165, 1.54) is 0 Å². The fourth-order valence-electron chi connectivity index (χ4n) is 1.19. The smallest absolute Gasteiger partial charge is 0.140 e. The van der Waals surface area contributed by atoms with E-state index in [2.05, 4.69) is 10.4 Å². The van der Waals surface area contributed by atoms with E-state index in [1.54, 1.807) is 18.0 Å². The number of nitrogens with two attached hydrogens (primary N) is 1. The number of hydrazine groups is 1. The predicted molar refractivity (Wildman–Crippen MR) is 67.6 cm³/mol. The lowest BCUT2D eigenvalue weighted by Gasteiger charge is -2.03. The van der Waals surface area contributed by atoms with Gasteiger partial charge in [0, 0.05) is 21.0 Å². The second-order valence-electron chi connectivity index (χ2n) is 3.08. The number of nitrogen functional groups attached to an aromatic ring is 1. The molecule has 0 aliphatic rings. The first kappa shape index (κ1) is 11.3. The molecule has 82 valence electrons. The summed E-state index contributed by atoms with van der Waals surface area (Å²) in [7, 11) is 0. The fraction of sp³-hybridized carbons (Fsp3) is 0. The number of anilines is 1. The highest BCUT2D eigenvalue weighted by Gasteiger charge is 1.99. The van der Waals surface area contributed by atoms with Gasteiger partial charge in [-0.25, -0.2) is 10.8 Å². The molecule has 0 bridgehead atoms. The first-order valence-electron chi connectivity index (χ1n) is 4.64. The first-order chi connectivity index (χ1) is 7.78. The van der Waals surface area contributed by atoms with E-state index in [0.29, 0.717) is 5.82 Å². The quantitative estimate of drug-likeness (QED) is 0.650. The maximum Gasteiger partial charge on any atom is 0.140 e. The third-order valence-electron chi connectivity index (χ3n) is 1.93. The summed E-state index contributed by atoms with van der Waals surface area (Å²) >= 11 is 7.45. The lowest BCUT2D eigenvalue weighted by atomic mass is 10.4. The topological polar surface area (TPSA) is 50.9 Å². The number of rotatable bonds is 3. The molecule has 1 aromatic carbocycles. The maximum absolute atomic E-state index is 5.82. The van der Waals surface area contributed by atoms with Crippen LogP contribution in [0.5, 0.6) is 0 Å². The van der Waals surface area contributed by atoms with Crippen LogP contribution in [0.3, 0.4) is 0 Å². The minimum absolute atomic E-state index is 0.652. The summed E-state index contributed by atoms with van der Waals surface area (Å²) in [5, 5.41) is 0.739. The number of pyridine rings is 1. The van der Waals surface area contributed by atoms with Gasteiger partial charge in [-0.2, -0.15) is 0 Å². The minimum atomic E-state index is 0.652. The van der Waals surface area contributed by atoms with Crippen LogP contribution in [-0.4, -0.2) is 4.98 Å². The van der Waals surface area contributed by atoms with Crippen LogP contribution < -0.4 is 11.3 Å². The SMILES string of the molecule is NNc1cc(Sc2ccc(Cl)cc2)ccn1. The second kappa shape index (κ2) is 5.21. The van der Waals surface area contributed by atoms with Crippen LogP contribution in [0.2, 0.25) is 5.02 Å². The van der Waals surface area contributed by atoms with E-state index in [1.807, 2.05) is 36.4 Å². The molecule has 0 aliphatic heterocycles. The van der Waals surface area contributed by atoms with E-state index >= 15 is 0 Å². The summed E-state index contributed by atoms with van der Waals surface area (Å²) in [6, 6.07) is 11.5. The number of halogens is 1. The van der Waals surface area contributed by atoms with Crippen molar-refractivity contribution in [2.45, 2.75) is 9.79 Å². The van der Waals surface area contributed by atoms with Gasteiger partial charge in [-0.3, -0.25) is 0 Å².